The third kappa shape index (κ3) is 3.74. The number of rotatable bonds is 5. The van der Waals surface area contributed by atoms with E-state index in [1.807, 2.05) is 48.5 Å². The Balaban J connectivity index is 1.47. The molecular formula is C21H17N5O. The van der Waals surface area contributed by atoms with E-state index >= 15 is 0 Å². The Hall–Kier alpha value is -3.80. The van der Waals surface area contributed by atoms with Crippen LogP contribution in [0.3, 0.4) is 0 Å². The van der Waals surface area contributed by atoms with E-state index in [-0.39, 0.29) is 5.91 Å². The van der Waals surface area contributed by atoms with E-state index in [0.29, 0.717) is 12.4 Å². The molecule has 1 N–H and O–H groups in total. The van der Waals surface area contributed by atoms with Gasteiger partial charge in [0.2, 0.25) is 5.91 Å². The van der Waals surface area contributed by atoms with Gasteiger partial charge in [0.1, 0.15) is 12.7 Å². The summed E-state index contributed by atoms with van der Waals surface area (Å²) in [5, 5.41) is 9.25. The van der Waals surface area contributed by atoms with Gasteiger partial charge in [0.05, 0.1) is 0 Å². The van der Waals surface area contributed by atoms with Crippen LogP contribution < -0.4 is 5.32 Å². The minimum Gasteiger partial charge on any atom is -0.348 e. The number of benzene rings is 2. The highest BCUT2D eigenvalue weighted by Gasteiger charge is 2.07. The van der Waals surface area contributed by atoms with Crippen LogP contribution in [0.2, 0.25) is 0 Å². The first-order valence-corrected chi connectivity index (χ1v) is 8.54. The molecule has 2 heterocycles. The second-order valence-electron chi connectivity index (χ2n) is 5.95. The third-order valence-electron chi connectivity index (χ3n) is 4.19. The van der Waals surface area contributed by atoms with E-state index in [4.69, 9.17) is 0 Å². The Morgan fingerprint density at radius 2 is 1.96 bits per heavy atom. The number of nitrogens with one attached hydrogen (secondary N) is 1. The van der Waals surface area contributed by atoms with Crippen molar-refractivity contribution in [2.75, 3.05) is 0 Å². The van der Waals surface area contributed by atoms with Gasteiger partial charge in [0, 0.05) is 24.4 Å². The molecule has 0 radical (unpaired) electrons. The number of amides is 1. The fourth-order valence-electron chi connectivity index (χ4n) is 2.89. The number of fused-ring (bicyclic) bond motifs is 1. The summed E-state index contributed by atoms with van der Waals surface area (Å²) in [6, 6.07) is 17.9. The number of hydrogen-bond acceptors (Lipinski definition) is 4. The Bertz CT molecular complexity index is 1100. The van der Waals surface area contributed by atoms with Gasteiger partial charge in [-0.05, 0) is 28.5 Å². The van der Waals surface area contributed by atoms with Crippen LogP contribution in [0.15, 0.2) is 79.5 Å². The van der Waals surface area contributed by atoms with Gasteiger partial charge in [-0.25, -0.2) is 14.6 Å². The van der Waals surface area contributed by atoms with E-state index in [0.717, 1.165) is 21.9 Å². The Morgan fingerprint density at radius 1 is 1.07 bits per heavy atom. The van der Waals surface area contributed by atoms with Crippen molar-refractivity contribution < 1.29 is 4.79 Å². The molecule has 27 heavy (non-hydrogen) atoms. The van der Waals surface area contributed by atoms with Gasteiger partial charge < -0.3 is 5.32 Å². The highest BCUT2D eigenvalue weighted by molar-refractivity contribution is 5.96. The molecule has 0 aliphatic heterocycles. The molecule has 0 saturated heterocycles. The number of carbonyl (C=O) groups is 1. The van der Waals surface area contributed by atoms with Crippen molar-refractivity contribution in [1.82, 2.24) is 25.1 Å². The smallest absolute Gasteiger partial charge is 0.244 e. The first-order chi connectivity index (χ1) is 13.3. The summed E-state index contributed by atoms with van der Waals surface area (Å²) < 4.78 is 1.58. The molecule has 1 amide bonds. The molecule has 0 saturated carbocycles. The molecule has 132 valence electrons. The van der Waals surface area contributed by atoms with Crippen molar-refractivity contribution in [3.63, 3.8) is 0 Å². The minimum absolute atomic E-state index is 0.170. The summed E-state index contributed by atoms with van der Waals surface area (Å²) >= 11 is 0. The van der Waals surface area contributed by atoms with E-state index in [1.54, 1.807) is 23.3 Å². The van der Waals surface area contributed by atoms with Crippen LogP contribution in [0.4, 0.5) is 0 Å². The number of carbonyl (C=O) groups excluding carboxylic acids is 1. The van der Waals surface area contributed by atoms with Crippen LogP contribution in [0.1, 0.15) is 11.1 Å². The molecule has 0 aliphatic rings. The van der Waals surface area contributed by atoms with Crippen LogP contribution in [0.5, 0.6) is 0 Å². The standard InChI is InChI=1S/C21H17N5O/c27-20(11-10-17-7-3-6-16-5-1-2-9-19(16)17)24-13-18-8-4-12-23-21(18)26-15-22-14-25-26/h1-12,14-15H,13H2,(H,24,27)/b11-10+. The molecule has 2 aromatic heterocycles. The van der Waals surface area contributed by atoms with Crippen LogP contribution in [-0.2, 0) is 11.3 Å². The van der Waals surface area contributed by atoms with Crippen molar-refractivity contribution in [3.05, 3.63) is 90.7 Å². The predicted molar refractivity (Wildman–Crippen MR) is 104 cm³/mol. The molecule has 0 fully saturated rings. The van der Waals surface area contributed by atoms with Crippen molar-refractivity contribution in [1.29, 1.82) is 0 Å². The Kier molecular flexibility index (Phi) is 4.70. The van der Waals surface area contributed by atoms with Gasteiger partial charge in [-0.2, -0.15) is 5.10 Å². The molecule has 0 spiro atoms. The third-order valence-corrected chi connectivity index (χ3v) is 4.19. The van der Waals surface area contributed by atoms with Gasteiger partial charge in [-0.1, -0.05) is 48.5 Å². The second-order valence-corrected chi connectivity index (χ2v) is 5.95. The normalized spacial score (nSPS) is 11.1. The number of aromatic nitrogens is 4. The highest BCUT2D eigenvalue weighted by atomic mass is 16.1. The predicted octanol–water partition coefficient (Wildman–Crippen LogP) is 3.15. The monoisotopic (exact) mass is 355 g/mol. The molecule has 0 aliphatic carbocycles. The van der Waals surface area contributed by atoms with E-state index in [2.05, 4.69) is 32.5 Å². The topological polar surface area (TPSA) is 72.7 Å². The van der Waals surface area contributed by atoms with E-state index in [9.17, 15) is 4.79 Å². The number of nitrogens with zero attached hydrogens (tertiary/aromatic N) is 4. The van der Waals surface area contributed by atoms with Crippen molar-refractivity contribution in [2.45, 2.75) is 6.54 Å². The van der Waals surface area contributed by atoms with E-state index < -0.39 is 0 Å². The summed E-state index contributed by atoms with van der Waals surface area (Å²) in [5.74, 6) is 0.477. The van der Waals surface area contributed by atoms with Crippen LogP contribution in [0, 0.1) is 0 Å². The van der Waals surface area contributed by atoms with Gasteiger partial charge in [-0.3, -0.25) is 4.79 Å². The van der Waals surface area contributed by atoms with Crippen LogP contribution >= 0.6 is 0 Å². The van der Waals surface area contributed by atoms with E-state index in [1.165, 1.54) is 6.33 Å². The number of pyridine rings is 1. The lowest BCUT2D eigenvalue weighted by atomic mass is 10.0. The lowest BCUT2D eigenvalue weighted by Crippen LogP contribution is -2.21. The molecule has 4 aromatic rings. The van der Waals surface area contributed by atoms with Gasteiger partial charge in [-0.15, -0.1) is 0 Å². The Labute approximate surface area is 156 Å². The average Bonchev–Trinajstić information content (AvgIpc) is 3.25. The Morgan fingerprint density at radius 3 is 2.85 bits per heavy atom. The maximum absolute atomic E-state index is 12.3. The fraction of sp³-hybridized carbons (Fsp3) is 0.0476. The summed E-state index contributed by atoms with van der Waals surface area (Å²) in [4.78, 5) is 20.5. The first kappa shape index (κ1) is 16.7. The zero-order chi connectivity index (χ0) is 18.5. The van der Waals surface area contributed by atoms with Crippen molar-refractivity contribution in [3.8, 4) is 5.82 Å². The largest absolute Gasteiger partial charge is 0.348 e. The second kappa shape index (κ2) is 7.61. The zero-order valence-corrected chi connectivity index (χ0v) is 14.5. The molecule has 0 atom stereocenters. The van der Waals surface area contributed by atoms with Gasteiger partial charge in [0.25, 0.3) is 0 Å². The van der Waals surface area contributed by atoms with Crippen molar-refractivity contribution >= 4 is 22.8 Å². The van der Waals surface area contributed by atoms with Crippen molar-refractivity contribution in [2.24, 2.45) is 0 Å². The maximum atomic E-state index is 12.3. The minimum atomic E-state index is -0.170. The van der Waals surface area contributed by atoms with Crippen LogP contribution in [-0.4, -0.2) is 25.7 Å². The molecule has 0 unspecified atom stereocenters. The summed E-state index contributed by atoms with van der Waals surface area (Å²) in [5.41, 5.74) is 1.86. The molecule has 6 heteroatoms. The average molecular weight is 355 g/mol. The summed E-state index contributed by atoms with van der Waals surface area (Å²) in [6.45, 7) is 0.349. The maximum Gasteiger partial charge on any atom is 0.244 e. The van der Waals surface area contributed by atoms with Gasteiger partial charge in [0.15, 0.2) is 5.82 Å². The molecular weight excluding hydrogens is 338 g/mol. The molecule has 6 nitrogen and oxygen atoms in total. The number of hydrogen-bond donors (Lipinski definition) is 1. The lowest BCUT2D eigenvalue weighted by molar-refractivity contribution is -0.116. The quantitative estimate of drug-likeness (QED) is 0.558. The lowest BCUT2D eigenvalue weighted by Gasteiger charge is -2.08. The molecule has 2 aromatic carbocycles. The summed E-state index contributed by atoms with van der Waals surface area (Å²) in [6.07, 6.45) is 8.09. The highest BCUT2D eigenvalue weighted by Crippen LogP contribution is 2.19. The SMILES string of the molecule is O=C(/C=C/c1cccc2ccccc12)NCc1cccnc1-n1cncn1. The first-order valence-electron chi connectivity index (χ1n) is 8.54. The molecule has 4 rings (SSSR count). The zero-order valence-electron chi connectivity index (χ0n) is 14.5. The molecule has 0 bridgehead atoms. The fourth-order valence-corrected chi connectivity index (χ4v) is 2.89. The van der Waals surface area contributed by atoms with Gasteiger partial charge >= 0.3 is 0 Å². The van der Waals surface area contributed by atoms with Crippen LogP contribution in [0.25, 0.3) is 22.7 Å². The summed E-state index contributed by atoms with van der Waals surface area (Å²) in [7, 11) is 0.